The molecule has 14 heavy (non-hydrogen) atoms. The molecule has 0 radical (unpaired) electrons. The summed E-state index contributed by atoms with van der Waals surface area (Å²) in [6.45, 7) is 13.9. The molecule has 0 aromatic carbocycles. The van der Waals surface area contributed by atoms with Gasteiger partial charge in [0.15, 0.2) is 0 Å². The molecule has 0 aromatic rings. The van der Waals surface area contributed by atoms with Gasteiger partial charge in [0.1, 0.15) is 0 Å². The van der Waals surface area contributed by atoms with Crippen LogP contribution in [0.4, 0.5) is 0 Å². The van der Waals surface area contributed by atoms with Gasteiger partial charge in [-0.15, -0.1) is 0 Å². The Balaban J connectivity index is 0.000000791. The lowest BCUT2D eigenvalue weighted by molar-refractivity contribution is -0.0257. The summed E-state index contributed by atoms with van der Waals surface area (Å²) in [4.78, 5) is 0. The van der Waals surface area contributed by atoms with E-state index in [9.17, 15) is 0 Å². The molecule has 1 rings (SSSR count). The van der Waals surface area contributed by atoms with E-state index in [0.29, 0.717) is 5.25 Å². The molecule has 1 saturated heterocycles. The van der Waals surface area contributed by atoms with Gasteiger partial charge in [-0.1, -0.05) is 34.6 Å². The van der Waals surface area contributed by atoms with Crippen molar-refractivity contribution < 1.29 is 4.74 Å². The van der Waals surface area contributed by atoms with Crippen molar-refractivity contribution in [1.29, 1.82) is 0 Å². The molecule has 1 heterocycles. The van der Waals surface area contributed by atoms with Crippen molar-refractivity contribution in [2.45, 2.75) is 58.8 Å². The number of hydrogen-bond acceptors (Lipinski definition) is 2. The highest BCUT2D eigenvalue weighted by Gasteiger charge is 2.31. The van der Waals surface area contributed by atoms with Gasteiger partial charge in [0, 0.05) is 11.0 Å². The van der Waals surface area contributed by atoms with Crippen molar-refractivity contribution in [3.8, 4) is 0 Å². The van der Waals surface area contributed by atoms with E-state index in [0.717, 1.165) is 24.7 Å². The van der Waals surface area contributed by atoms with E-state index < -0.39 is 0 Å². The topological polar surface area (TPSA) is 9.23 Å². The van der Waals surface area contributed by atoms with Gasteiger partial charge in [0.05, 0.1) is 12.2 Å². The average molecular weight is 218 g/mol. The summed E-state index contributed by atoms with van der Waals surface area (Å²) in [6, 6.07) is 0. The lowest BCUT2D eigenvalue weighted by Gasteiger charge is -2.37. The molecule has 0 bridgehead atoms. The second kappa shape index (κ2) is 6.73. The van der Waals surface area contributed by atoms with Crippen LogP contribution in [0.2, 0.25) is 0 Å². The monoisotopic (exact) mass is 218 g/mol. The van der Waals surface area contributed by atoms with Crippen LogP contribution in [0.15, 0.2) is 0 Å². The van der Waals surface area contributed by atoms with Gasteiger partial charge in [-0.2, -0.15) is 11.8 Å². The lowest BCUT2D eigenvalue weighted by atomic mass is 10.1. The Morgan fingerprint density at radius 3 is 2.29 bits per heavy atom. The molecule has 1 aliphatic rings. The number of hydrogen-bond donors (Lipinski definition) is 0. The first-order chi connectivity index (χ1) is 6.57. The molecule has 0 spiro atoms. The van der Waals surface area contributed by atoms with E-state index >= 15 is 0 Å². The summed E-state index contributed by atoms with van der Waals surface area (Å²) < 4.78 is 5.87. The summed E-state index contributed by atoms with van der Waals surface area (Å²) in [7, 11) is 0. The molecule has 1 aliphatic heterocycles. The predicted octanol–water partition coefficient (Wildman–Crippen LogP) is 3.97. The summed E-state index contributed by atoms with van der Waals surface area (Å²) >= 11 is 2.08. The van der Waals surface area contributed by atoms with E-state index in [4.69, 9.17) is 4.74 Å². The van der Waals surface area contributed by atoms with Crippen molar-refractivity contribution in [2.75, 3.05) is 12.4 Å². The first-order valence-electron chi connectivity index (χ1n) is 5.83. The van der Waals surface area contributed by atoms with Gasteiger partial charge >= 0.3 is 0 Å². The molecule has 0 aliphatic carbocycles. The standard InChI is InChI=1S/C10H20OS.C2H6/c1-5-10(4)7-12-9(6-11-10)8(2)3;1-2/h8-9H,5-7H2,1-4H3;1-2H3/t9-,10?;/m0./s1. The smallest absolute Gasteiger partial charge is 0.0742 e. The second-order valence-corrected chi connectivity index (χ2v) is 5.44. The van der Waals surface area contributed by atoms with E-state index in [1.807, 2.05) is 13.8 Å². The van der Waals surface area contributed by atoms with Crippen molar-refractivity contribution in [3.05, 3.63) is 0 Å². The first kappa shape index (κ1) is 14.3. The molecule has 0 amide bonds. The fraction of sp³-hybridized carbons (Fsp3) is 1.00. The third-order valence-corrected chi connectivity index (χ3v) is 4.58. The number of thioether (sulfide) groups is 1. The van der Waals surface area contributed by atoms with Crippen molar-refractivity contribution >= 4 is 11.8 Å². The lowest BCUT2D eigenvalue weighted by Crippen LogP contribution is -2.40. The Hall–Kier alpha value is 0.310. The van der Waals surface area contributed by atoms with Crippen molar-refractivity contribution in [2.24, 2.45) is 5.92 Å². The van der Waals surface area contributed by atoms with Crippen LogP contribution in [-0.4, -0.2) is 23.2 Å². The zero-order chi connectivity index (χ0) is 11.2. The van der Waals surface area contributed by atoms with Gasteiger partial charge in [-0.3, -0.25) is 0 Å². The van der Waals surface area contributed by atoms with Crippen molar-refractivity contribution in [3.63, 3.8) is 0 Å². The van der Waals surface area contributed by atoms with E-state index in [2.05, 4.69) is 39.5 Å². The predicted molar refractivity (Wildman–Crippen MR) is 67.1 cm³/mol. The number of rotatable bonds is 2. The van der Waals surface area contributed by atoms with Crippen LogP contribution < -0.4 is 0 Å². The molecule has 1 nitrogen and oxygen atoms in total. The molecule has 1 fully saturated rings. The zero-order valence-corrected chi connectivity index (χ0v) is 11.4. The Morgan fingerprint density at radius 2 is 2.00 bits per heavy atom. The number of ether oxygens (including phenoxy) is 1. The first-order valence-corrected chi connectivity index (χ1v) is 6.88. The highest BCUT2D eigenvalue weighted by Crippen LogP contribution is 2.33. The fourth-order valence-electron chi connectivity index (χ4n) is 1.25. The molecule has 0 aromatic heterocycles. The molecule has 2 atom stereocenters. The fourth-order valence-corrected chi connectivity index (χ4v) is 2.65. The molecular weight excluding hydrogens is 192 g/mol. The minimum absolute atomic E-state index is 0.149. The van der Waals surface area contributed by atoms with Gasteiger partial charge in [-0.25, -0.2) is 0 Å². The van der Waals surface area contributed by atoms with Crippen LogP contribution >= 0.6 is 11.8 Å². The molecule has 86 valence electrons. The largest absolute Gasteiger partial charge is 0.373 e. The van der Waals surface area contributed by atoms with Crippen molar-refractivity contribution in [1.82, 2.24) is 0 Å². The normalized spacial score (nSPS) is 32.4. The molecule has 1 unspecified atom stereocenters. The molecule has 0 N–H and O–H groups in total. The highest BCUT2D eigenvalue weighted by atomic mass is 32.2. The average Bonchev–Trinajstić information content (AvgIpc) is 2.21. The second-order valence-electron chi connectivity index (χ2n) is 4.21. The van der Waals surface area contributed by atoms with Crippen LogP contribution in [0.5, 0.6) is 0 Å². The maximum Gasteiger partial charge on any atom is 0.0742 e. The maximum atomic E-state index is 5.87. The minimum atomic E-state index is 0.149. The van der Waals surface area contributed by atoms with E-state index in [-0.39, 0.29) is 5.60 Å². The Bertz CT molecular complexity index is 137. The van der Waals surface area contributed by atoms with Crippen LogP contribution in [0.25, 0.3) is 0 Å². The Labute approximate surface area is 94.0 Å². The van der Waals surface area contributed by atoms with E-state index in [1.165, 1.54) is 0 Å². The van der Waals surface area contributed by atoms with E-state index in [1.54, 1.807) is 0 Å². The zero-order valence-electron chi connectivity index (χ0n) is 10.6. The molecule has 2 heteroatoms. The Kier molecular flexibility index (Phi) is 6.88. The molecule has 0 saturated carbocycles. The highest BCUT2D eigenvalue weighted by molar-refractivity contribution is 8.00. The SMILES string of the molecule is CC.CCC1(C)CS[C@H](C(C)C)CO1. The van der Waals surface area contributed by atoms with Crippen LogP contribution in [-0.2, 0) is 4.74 Å². The maximum absolute atomic E-state index is 5.87. The van der Waals surface area contributed by atoms with Crippen LogP contribution in [0.3, 0.4) is 0 Å². The summed E-state index contributed by atoms with van der Waals surface area (Å²) in [5, 5.41) is 0.713. The molecular formula is C12H26OS. The third kappa shape index (κ3) is 4.22. The van der Waals surface area contributed by atoms with Gasteiger partial charge in [-0.05, 0) is 19.3 Å². The van der Waals surface area contributed by atoms with Crippen LogP contribution in [0.1, 0.15) is 48.0 Å². The van der Waals surface area contributed by atoms with Gasteiger partial charge in [0.25, 0.3) is 0 Å². The third-order valence-electron chi connectivity index (χ3n) is 2.69. The van der Waals surface area contributed by atoms with Gasteiger partial charge < -0.3 is 4.74 Å². The minimum Gasteiger partial charge on any atom is -0.373 e. The summed E-state index contributed by atoms with van der Waals surface area (Å²) in [6.07, 6.45) is 1.13. The van der Waals surface area contributed by atoms with Gasteiger partial charge in [0.2, 0.25) is 0 Å². The quantitative estimate of drug-likeness (QED) is 0.693. The van der Waals surface area contributed by atoms with Crippen LogP contribution in [0, 0.1) is 5.92 Å². The summed E-state index contributed by atoms with van der Waals surface area (Å²) in [5.41, 5.74) is 0.149. The Morgan fingerprint density at radius 1 is 1.43 bits per heavy atom. The summed E-state index contributed by atoms with van der Waals surface area (Å²) in [5.74, 6) is 1.91.